The predicted octanol–water partition coefficient (Wildman–Crippen LogP) is 3.88. The van der Waals surface area contributed by atoms with E-state index in [0.717, 1.165) is 23.2 Å². The second kappa shape index (κ2) is 5.30. The molecule has 0 saturated heterocycles. The first-order valence-corrected chi connectivity index (χ1v) is 9.89. The average Bonchev–Trinajstić information content (AvgIpc) is 3.22. The van der Waals surface area contributed by atoms with Crippen LogP contribution < -0.4 is 4.72 Å². The highest BCUT2D eigenvalue weighted by Crippen LogP contribution is 2.49. The van der Waals surface area contributed by atoms with Gasteiger partial charge in [-0.15, -0.1) is 11.3 Å². The number of hydrogen-bond donors (Lipinski definition) is 1. The molecule has 2 aliphatic rings. The van der Waals surface area contributed by atoms with E-state index in [1.807, 2.05) is 0 Å². The van der Waals surface area contributed by atoms with Gasteiger partial charge < -0.3 is 0 Å². The molecule has 0 atom stereocenters. The number of sulfonamides is 1. The van der Waals surface area contributed by atoms with Crippen molar-refractivity contribution in [2.75, 3.05) is 6.54 Å². The summed E-state index contributed by atoms with van der Waals surface area (Å²) in [6.45, 7) is 0.574. The van der Waals surface area contributed by atoms with E-state index in [-0.39, 0.29) is 4.21 Å². The van der Waals surface area contributed by atoms with Crippen LogP contribution >= 0.6 is 38.9 Å². The van der Waals surface area contributed by atoms with Gasteiger partial charge in [0.2, 0.25) is 10.0 Å². The van der Waals surface area contributed by atoms with Gasteiger partial charge in [-0.1, -0.05) is 11.6 Å². The molecule has 0 spiro atoms. The quantitative estimate of drug-likeness (QED) is 0.809. The maximum absolute atomic E-state index is 12.2. The second-order valence-electron chi connectivity index (χ2n) is 5.38. The van der Waals surface area contributed by atoms with Crippen molar-refractivity contribution in [1.29, 1.82) is 0 Å². The van der Waals surface area contributed by atoms with E-state index >= 15 is 0 Å². The lowest BCUT2D eigenvalue weighted by atomic mass is 9.99. The SMILES string of the molecule is O=S(=O)(NCC(C1CC1)C1CC1)c1cc(Cl)c(Br)s1. The maximum Gasteiger partial charge on any atom is 0.250 e. The van der Waals surface area contributed by atoms with E-state index in [9.17, 15) is 8.42 Å². The molecular formula is C12H15BrClNO2S2. The van der Waals surface area contributed by atoms with Crippen LogP contribution in [0.15, 0.2) is 14.1 Å². The van der Waals surface area contributed by atoms with E-state index in [1.165, 1.54) is 31.7 Å². The highest BCUT2D eigenvalue weighted by molar-refractivity contribution is 9.11. The zero-order chi connectivity index (χ0) is 13.6. The van der Waals surface area contributed by atoms with Crippen molar-refractivity contribution < 1.29 is 8.42 Å². The van der Waals surface area contributed by atoms with Crippen molar-refractivity contribution in [3.8, 4) is 0 Å². The van der Waals surface area contributed by atoms with Crippen molar-refractivity contribution in [3.63, 3.8) is 0 Å². The van der Waals surface area contributed by atoms with Crippen LogP contribution in [0.25, 0.3) is 0 Å². The molecule has 1 heterocycles. The van der Waals surface area contributed by atoms with Gasteiger partial charge in [0.25, 0.3) is 0 Å². The summed E-state index contributed by atoms with van der Waals surface area (Å²) in [7, 11) is -3.41. The molecule has 0 radical (unpaired) electrons. The summed E-state index contributed by atoms with van der Waals surface area (Å²) < 4.78 is 28.1. The van der Waals surface area contributed by atoms with Crippen molar-refractivity contribution in [2.24, 2.45) is 17.8 Å². The molecule has 19 heavy (non-hydrogen) atoms. The van der Waals surface area contributed by atoms with Gasteiger partial charge in [-0.05, 0) is 65.4 Å². The third kappa shape index (κ3) is 3.35. The Bertz CT molecular complexity index is 547. The molecule has 0 aliphatic heterocycles. The minimum absolute atomic E-state index is 0.287. The van der Waals surface area contributed by atoms with Crippen LogP contribution in [0.3, 0.4) is 0 Å². The Hall–Kier alpha value is 0.380. The Morgan fingerprint density at radius 3 is 2.37 bits per heavy atom. The third-order valence-corrected chi connectivity index (χ3v) is 8.22. The molecular weight excluding hydrogens is 370 g/mol. The molecule has 0 unspecified atom stereocenters. The summed E-state index contributed by atoms with van der Waals surface area (Å²) in [4.78, 5) is 0. The summed E-state index contributed by atoms with van der Waals surface area (Å²) in [6, 6.07) is 1.50. The Balaban J connectivity index is 1.67. The number of rotatable bonds is 6. The van der Waals surface area contributed by atoms with Gasteiger partial charge in [0, 0.05) is 6.54 Å². The molecule has 1 aromatic heterocycles. The summed E-state index contributed by atoms with van der Waals surface area (Å²) in [6.07, 6.45) is 5.05. The number of hydrogen-bond acceptors (Lipinski definition) is 3. The number of nitrogens with one attached hydrogen (secondary N) is 1. The number of halogens is 2. The molecule has 2 aliphatic carbocycles. The van der Waals surface area contributed by atoms with E-state index in [0.29, 0.717) is 21.3 Å². The van der Waals surface area contributed by atoms with E-state index in [2.05, 4.69) is 20.7 Å². The fourth-order valence-electron chi connectivity index (χ4n) is 2.50. The van der Waals surface area contributed by atoms with Crippen molar-refractivity contribution in [2.45, 2.75) is 29.9 Å². The first-order chi connectivity index (χ1) is 8.97. The van der Waals surface area contributed by atoms with E-state index < -0.39 is 10.0 Å². The highest BCUT2D eigenvalue weighted by atomic mass is 79.9. The van der Waals surface area contributed by atoms with Crippen molar-refractivity contribution in [1.82, 2.24) is 4.72 Å². The lowest BCUT2D eigenvalue weighted by Gasteiger charge is -2.15. The van der Waals surface area contributed by atoms with Gasteiger partial charge >= 0.3 is 0 Å². The molecule has 1 aromatic rings. The van der Waals surface area contributed by atoms with Gasteiger partial charge in [-0.2, -0.15) is 0 Å². The summed E-state index contributed by atoms with van der Waals surface area (Å²) in [5.74, 6) is 2.02. The standard InChI is InChI=1S/C12H15BrClNO2S2/c13-12-10(14)5-11(18-12)19(16,17)15-6-9(7-1-2-7)8-3-4-8/h5,7-9,15H,1-4,6H2. The molecule has 3 rings (SSSR count). The Morgan fingerprint density at radius 1 is 1.37 bits per heavy atom. The zero-order valence-corrected chi connectivity index (χ0v) is 14.2. The van der Waals surface area contributed by atoms with Crippen LogP contribution in [-0.2, 0) is 10.0 Å². The van der Waals surface area contributed by atoms with E-state index in [4.69, 9.17) is 11.6 Å². The van der Waals surface area contributed by atoms with Gasteiger partial charge in [-0.25, -0.2) is 13.1 Å². The minimum atomic E-state index is -3.41. The smallest absolute Gasteiger partial charge is 0.210 e. The van der Waals surface area contributed by atoms with Gasteiger partial charge in [-0.3, -0.25) is 0 Å². The minimum Gasteiger partial charge on any atom is -0.210 e. The zero-order valence-electron chi connectivity index (χ0n) is 10.2. The second-order valence-corrected chi connectivity index (χ2v) is 10.1. The topological polar surface area (TPSA) is 46.2 Å². The van der Waals surface area contributed by atoms with Gasteiger partial charge in [0.05, 0.1) is 8.81 Å². The van der Waals surface area contributed by atoms with E-state index in [1.54, 1.807) is 0 Å². The first kappa shape index (κ1) is 14.3. The molecule has 0 amide bonds. The lowest BCUT2D eigenvalue weighted by Crippen LogP contribution is -2.30. The molecule has 3 nitrogen and oxygen atoms in total. The van der Waals surface area contributed by atoms with Crippen LogP contribution in [0.1, 0.15) is 25.7 Å². The van der Waals surface area contributed by atoms with Crippen LogP contribution in [-0.4, -0.2) is 15.0 Å². The van der Waals surface area contributed by atoms with Crippen LogP contribution in [0.2, 0.25) is 5.02 Å². The molecule has 2 saturated carbocycles. The molecule has 7 heteroatoms. The summed E-state index contributed by atoms with van der Waals surface area (Å²) in [5, 5.41) is 0.450. The summed E-state index contributed by atoms with van der Waals surface area (Å²) >= 11 is 10.3. The molecule has 1 N–H and O–H groups in total. The monoisotopic (exact) mass is 383 g/mol. The van der Waals surface area contributed by atoms with Crippen LogP contribution in [0.5, 0.6) is 0 Å². The molecule has 106 valence electrons. The van der Waals surface area contributed by atoms with Crippen LogP contribution in [0.4, 0.5) is 0 Å². The molecule has 0 aromatic carbocycles. The first-order valence-electron chi connectivity index (χ1n) is 6.42. The fraction of sp³-hybridized carbons (Fsp3) is 0.667. The molecule has 2 fully saturated rings. The van der Waals surface area contributed by atoms with Gasteiger partial charge in [0.1, 0.15) is 4.21 Å². The van der Waals surface area contributed by atoms with Crippen molar-refractivity contribution in [3.05, 3.63) is 14.9 Å². The fourth-order valence-corrected chi connectivity index (χ4v) is 6.02. The average molecular weight is 385 g/mol. The predicted molar refractivity (Wildman–Crippen MR) is 81.2 cm³/mol. The largest absolute Gasteiger partial charge is 0.250 e. The third-order valence-electron chi connectivity index (χ3n) is 3.85. The number of thiophene rings is 1. The highest BCUT2D eigenvalue weighted by Gasteiger charge is 2.41. The van der Waals surface area contributed by atoms with Crippen LogP contribution in [0, 0.1) is 17.8 Å². The lowest BCUT2D eigenvalue weighted by molar-refractivity contribution is 0.402. The summed E-state index contributed by atoms with van der Waals surface area (Å²) in [5.41, 5.74) is 0. The van der Waals surface area contributed by atoms with Gasteiger partial charge in [0.15, 0.2) is 0 Å². The molecule has 0 bridgehead atoms. The maximum atomic E-state index is 12.2. The Labute approximate surface area is 130 Å². The normalized spacial score (nSPS) is 20.2. The Kier molecular flexibility index (Phi) is 3.99. The van der Waals surface area contributed by atoms with Crippen molar-refractivity contribution >= 4 is 48.9 Å². The Morgan fingerprint density at radius 2 is 1.95 bits per heavy atom.